The molecule has 1 atom stereocenters. The van der Waals surface area contributed by atoms with Crippen LogP contribution in [-0.2, 0) is 9.47 Å². The van der Waals surface area contributed by atoms with Crippen molar-refractivity contribution in [2.75, 3.05) is 20.5 Å². The summed E-state index contributed by atoms with van der Waals surface area (Å²) in [6.07, 6.45) is 1.33. The van der Waals surface area contributed by atoms with Gasteiger partial charge < -0.3 is 9.47 Å². The van der Waals surface area contributed by atoms with E-state index in [1.807, 2.05) is 0 Å². The lowest BCUT2D eigenvalue weighted by atomic mass is 10.3. The molecular formula is C12H27AlO2. The van der Waals surface area contributed by atoms with Gasteiger partial charge in [0, 0.05) is 13.7 Å². The molecule has 0 aromatic carbocycles. The summed E-state index contributed by atoms with van der Waals surface area (Å²) in [7, 11) is 1.68. The van der Waals surface area contributed by atoms with Crippen LogP contribution in [0.2, 0.25) is 15.3 Å². The van der Waals surface area contributed by atoms with Gasteiger partial charge in [0.25, 0.3) is 14.1 Å². The average molecular weight is 230 g/mol. The van der Waals surface area contributed by atoms with Gasteiger partial charge in [-0.05, 0) is 0 Å². The minimum Gasteiger partial charge on any atom is -0.359 e. The lowest BCUT2D eigenvalue weighted by molar-refractivity contribution is -0.0252. The van der Waals surface area contributed by atoms with Crippen LogP contribution in [0.3, 0.4) is 0 Å². The molecule has 0 N–H and O–H groups in total. The summed E-state index contributed by atoms with van der Waals surface area (Å²) in [6.45, 7) is 10.7. The Labute approximate surface area is 99.7 Å². The largest absolute Gasteiger partial charge is 0.359 e. The van der Waals surface area contributed by atoms with Gasteiger partial charge in [0.1, 0.15) is 6.79 Å². The summed E-state index contributed by atoms with van der Waals surface area (Å²) in [4.78, 5) is 0. The molecule has 3 heteroatoms. The average Bonchev–Trinajstić information content (AvgIpc) is 2.21. The quantitative estimate of drug-likeness (QED) is 0.342. The maximum atomic E-state index is 5.40. The van der Waals surface area contributed by atoms with Crippen LogP contribution in [0, 0.1) is 5.92 Å². The van der Waals surface area contributed by atoms with Gasteiger partial charge in [-0.2, -0.15) is 0 Å². The van der Waals surface area contributed by atoms with Gasteiger partial charge >= 0.3 is 0 Å². The van der Waals surface area contributed by atoms with E-state index in [0.29, 0.717) is 6.79 Å². The molecular weight excluding hydrogens is 203 g/mol. The van der Waals surface area contributed by atoms with Crippen molar-refractivity contribution in [2.24, 2.45) is 5.92 Å². The van der Waals surface area contributed by atoms with E-state index in [1.54, 1.807) is 7.11 Å². The smallest absolute Gasteiger partial charge is 0.268 e. The summed E-state index contributed by atoms with van der Waals surface area (Å²) in [6, 6.07) is 0. The van der Waals surface area contributed by atoms with Crippen molar-refractivity contribution in [2.45, 2.75) is 49.5 Å². The third-order valence-electron chi connectivity index (χ3n) is 3.06. The van der Waals surface area contributed by atoms with E-state index in [2.05, 4.69) is 27.7 Å². The predicted octanol–water partition coefficient (Wildman–Crippen LogP) is 3.56. The van der Waals surface area contributed by atoms with Crippen molar-refractivity contribution < 1.29 is 9.47 Å². The molecule has 0 bridgehead atoms. The molecule has 0 saturated heterocycles. The number of rotatable bonds is 9. The monoisotopic (exact) mass is 230 g/mol. The van der Waals surface area contributed by atoms with Crippen LogP contribution in [0.5, 0.6) is 0 Å². The van der Waals surface area contributed by atoms with Crippen LogP contribution >= 0.6 is 0 Å². The highest BCUT2D eigenvalue weighted by atomic mass is 27.2. The van der Waals surface area contributed by atoms with Crippen molar-refractivity contribution in [3.05, 3.63) is 0 Å². The fourth-order valence-electron chi connectivity index (χ4n) is 1.95. The fourth-order valence-corrected chi connectivity index (χ4v) is 5.57. The second-order valence-electron chi connectivity index (χ2n) is 4.88. The van der Waals surface area contributed by atoms with Gasteiger partial charge in [0.2, 0.25) is 0 Å². The van der Waals surface area contributed by atoms with E-state index >= 15 is 0 Å². The minimum absolute atomic E-state index is 0.448. The first-order valence-corrected chi connectivity index (χ1v) is 8.48. The zero-order valence-corrected chi connectivity index (χ0v) is 12.2. The molecule has 0 aliphatic heterocycles. The molecule has 0 aromatic heterocycles. The summed E-state index contributed by atoms with van der Waals surface area (Å²) in [5.41, 5.74) is 0. The highest BCUT2D eigenvalue weighted by Crippen LogP contribution is 2.23. The van der Waals surface area contributed by atoms with Gasteiger partial charge in [-0.1, -0.05) is 55.4 Å². The van der Waals surface area contributed by atoms with Crippen molar-refractivity contribution >= 4 is 14.1 Å². The normalized spacial score (nSPS) is 13.2. The maximum absolute atomic E-state index is 5.40. The van der Waals surface area contributed by atoms with E-state index in [-0.39, 0.29) is 0 Å². The maximum Gasteiger partial charge on any atom is 0.268 e. The van der Waals surface area contributed by atoms with Gasteiger partial charge in [0.15, 0.2) is 0 Å². The summed E-state index contributed by atoms with van der Waals surface area (Å²) >= 11 is -0.609. The Kier molecular flexibility index (Phi) is 9.95. The minimum atomic E-state index is -0.609. The molecule has 15 heavy (non-hydrogen) atoms. The number of methoxy groups -OCH3 is 1. The molecule has 2 nitrogen and oxygen atoms in total. The molecule has 0 aliphatic rings. The Bertz CT molecular complexity index is 140. The summed E-state index contributed by atoms with van der Waals surface area (Å²) in [5, 5.41) is 2.75. The van der Waals surface area contributed by atoms with E-state index in [9.17, 15) is 0 Å². The Morgan fingerprint density at radius 3 is 2.33 bits per heavy atom. The standard InChI is InChI=1S/C4H9O2.2C4H9.Al/c1-3-6-4-5-2;1-4(2)3;1-3-4-2;/h1,3-4H2,2H3;4H,1H2,2-3H3;3H,4H2,1-2H3;. The molecule has 0 aliphatic carbocycles. The third-order valence-corrected chi connectivity index (χ3v) is 7.66. The van der Waals surface area contributed by atoms with Crippen LogP contribution < -0.4 is 0 Å². The molecule has 0 fully saturated rings. The number of hydrogen-bond donors (Lipinski definition) is 0. The molecule has 0 spiro atoms. The topological polar surface area (TPSA) is 18.5 Å². The third kappa shape index (κ3) is 8.28. The molecule has 0 heterocycles. The Balaban J connectivity index is 3.79. The van der Waals surface area contributed by atoms with Crippen molar-refractivity contribution in [3.8, 4) is 0 Å². The Hall–Kier alpha value is 0.452. The van der Waals surface area contributed by atoms with E-state index in [0.717, 1.165) is 17.3 Å². The van der Waals surface area contributed by atoms with E-state index in [4.69, 9.17) is 9.47 Å². The molecule has 0 radical (unpaired) electrons. The lowest BCUT2D eigenvalue weighted by Crippen LogP contribution is -2.22. The van der Waals surface area contributed by atoms with E-state index < -0.39 is 14.1 Å². The van der Waals surface area contributed by atoms with Crippen LogP contribution in [0.15, 0.2) is 0 Å². The van der Waals surface area contributed by atoms with Crippen LogP contribution in [-0.4, -0.2) is 34.7 Å². The summed E-state index contributed by atoms with van der Waals surface area (Å²) < 4.78 is 11.2. The first-order valence-electron chi connectivity index (χ1n) is 6.18. The second kappa shape index (κ2) is 9.66. The molecule has 0 aromatic rings. The summed E-state index contributed by atoms with van der Waals surface area (Å²) in [5.74, 6) is 0.845. The van der Waals surface area contributed by atoms with Crippen LogP contribution in [0.1, 0.15) is 34.1 Å². The first-order chi connectivity index (χ1) is 7.11. The van der Waals surface area contributed by atoms with Crippen molar-refractivity contribution in [1.82, 2.24) is 0 Å². The van der Waals surface area contributed by atoms with Crippen molar-refractivity contribution in [1.29, 1.82) is 0 Å². The predicted molar refractivity (Wildman–Crippen MR) is 67.7 cm³/mol. The molecule has 0 saturated carbocycles. The van der Waals surface area contributed by atoms with Gasteiger partial charge in [-0.15, -0.1) is 0 Å². The number of ether oxygens (including phenoxy) is 2. The number of hydrogen-bond acceptors (Lipinski definition) is 2. The highest BCUT2D eigenvalue weighted by Gasteiger charge is 2.23. The van der Waals surface area contributed by atoms with Gasteiger partial charge in [0.05, 0.1) is 0 Å². The zero-order chi connectivity index (χ0) is 11.7. The fraction of sp³-hybridized carbons (Fsp3) is 1.00. The Morgan fingerprint density at radius 2 is 1.87 bits per heavy atom. The van der Waals surface area contributed by atoms with Crippen LogP contribution in [0.25, 0.3) is 0 Å². The van der Waals surface area contributed by atoms with Crippen molar-refractivity contribution in [3.63, 3.8) is 0 Å². The zero-order valence-electron chi connectivity index (χ0n) is 11.1. The molecule has 90 valence electrons. The van der Waals surface area contributed by atoms with Gasteiger partial charge in [-0.25, -0.2) is 0 Å². The lowest BCUT2D eigenvalue weighted by Gasteiger charge is -2.19. The van der Waals surface area contributed by atoms with E-state index in [1.165, 1.54) is 17.0 Å². The van der Waals surface area contributed by atoms with Crippen LogP contribution in [0.4, 0.5) is 0 Å². The second-order valence-corrected chi connectivity index (χ2v) is 8.59. The highest BCUT2D eigenvalue weighted by molar-refractivity contribution is 6.60. The molecule has 0 amide bonds. The molecule has 1 unspecified atom stereocenters. The Morgan fingerprint density at radius 1 is 1.20 bits per heavy atom. The van der Waals surface area contributed by atoms with Gasteiger partial charge in [-0.3, -0.25) is 0 Å². The SMILES string of the molecule is CC[CH](C)[Al]([CH2]COCOC)[CH2]C(C)C. The molecule has 0 rings (SSSR count). The first kappa shape index (κ1) is 15.5.